The molecule has 1 heterocycles. The first kappa shape index (κ1) is 14.8. The van der Waals surface area contributed by atoms with Crippen molar-refractivity contribution >= 4 is 5.91 Å². The summed E-state index contributed by atoms with van der Waals surface area (Å²) in [6, 6.07) is 0. The lowest BCUT2D eigenvalue weighted by molar-refractivity contribution is -0.124. The van der Waals surface area contributed by atoms with Crippen LogP contribution in [0.3, 0.4) is 0 Å². The van der Waals surface area contributed by atoms with E-state index >= 15 is 0 Å². The first-order valence-electron chi connectivity index (χ1n) is 7.39. The number of carbonyl (C=O) groups is 1. The van der Waals surface area contributed by atoms with Crippen LogP contribution in [0.25, 0.3) is 0 Å². The summed E-state index contributed by atoms with van der Waals surface area (Å²) in [5.41, 5.74) is 0.205. The maximum absolute atomic E-state index is 11.9. The van der Waals surface area contributed by atoms with Crippen LogP contribution in [0.15, 0.2) is 0 Å². The molecule has 19 heavy (non-hydrogen) atoms. The van der Waals surface area contributed by atoms with Gasteiger partial charge in [-0.25, -0.2) is 0 Å². The van der Waals surface area contributed by atoms with E-state index in [2.05, 4.69) is 10.2 Å². The van der Waals surface area contributed by atoms with E-state index in [0.29, 0.717) is 6.54 Å². The minimum atomic E-state index is 0.129. The molecule has 0 aromatic rings. The average molecular weight is 270 g/mol. The van der Waals surface area contributed by atoms with E-state index in [9.17, 15) is 4.79 Å². The number of hydrogen-bond acceptors (Lipinski definition) is 4. The average Bonchev–Trinajstić information content (AvgIpc) is 2.38. The number of morpholine rings is 1. The quantitative estimate of drug-likeness (QED) is 0.738. The van der Waals surface area contributed by atoms with Crippen LogP contribution >= 0.6 is 0 Å². The maximum Gasteiger partial charge on any atom is 0.234 e. The van der Waals surface area contributed by atoms with Gasteiger partial charge < -0.3 is 14.8 Å². The number of ether oxygens (including phenoxy) is 2. The van der Waals surface area contributed by atoms with Crippen molar-refractivity contribution < 1.29 is 14.3 Å². The Labute approximate surface area is 115 Å². The van der Waals surface area contributed by atoms with Crippen molar-refractivity contribution in [3.63, 3.8) is 0 Å². The second-order valence-corrected chi connectivity index (χ2v) is 5.66. The summed E-state index contributed by atoms with van der Waals surface area (Å²) in [4.78, 5) is 14.1. The molecule has 0 atom stereocenters. The van der Waals surface area contributed by atoms with Crippen LogP contribution in [0.2, 0.25) is 0 Å². The van der Waals surface area contributed by atoms with Crippen LogP contribution in [-0.2, 0) is 14.3 Å². The minimum Gasteiger partial charge on any atom is -0.381 e. The molecule has 1 saturated carbocycles. The van der Waals surface area contributed by atoms with Gasteiger partial charge in [-0.15, -0.1) is 0 Å². The van der Waals surface area contributed by atoms with E-state index in [1.807, 2.05) is 6.92 Å². The third-order valence-corrected chi connectivity index (χ3v) is 4.16. The number of hydrogen-bond donors (Lipinski definition) is 1. The van der Waals surface area contributed by atoms with Gasteiger partial charge in [0.25, 0.3) is 0 Å². The summed E-state index contributed by atoms with van der Waals surface area (Å²) in [7, 11) is 0. The highest BCUT2D eigenvalue weighted by atomic mass is 16.5. The normalized spacial score (nSPS) is 22.8. The molecule has 2 fully saturated rings. The predicted molar refractivity (Wildman–Crippen MR) is 73.0 cm³/mol. The van der Waals surface area contributed by atoms with Crippen molar-refractivity contribution in [1.29, 1.82) is 0 Å². The largest absolute Gasteiger partial charge is 0.381 e. The summed E-state index contributed by atoms with van der Waals surface area (Å²) in [6.07, 6.45) is 3.60. The van der Waals surface area contributed by atoms with Crippen molar-refractivity contribution in [3.05, 3.63) is 0 Å². The van der Waals surface area contributed by atoms with Crippen LogP contribution in [0, 0.1) is 5.41 Å². The minimum absolute atomic E-state index is 0.129. The summed E-state index contributed by atoms with van der Waals surface area (Å²) in [6.45, 7) is 8.00. The first-order chi connectivity index (χ1) is 9.24. The van der Waals surface area contributed by atoms with Gasteiger partial charge in [-0.05, 0) is 19.8 Å². The predicted octanol–water partition coefficient (Wildman–Crippen LogP) is 0.642. The topological polar surface area (TPSA) is 50.8 Å². The molecule has 0 aromatic heterocycles. The van der Waals surface area contributed by atoms with Crippen molar-refractivity contribution in [1.82, 2.24) is 10.2 Å². The monoisotopic (exact) mass is 270 g/mol. The fourth-order valence-corrected chi connectivity index (χ4v) is 2.67. The number of nitrogens with zero attached hydrogens (tertiary/aromatic N) is 1. The zero-order valence-corrected chi connectivity index (χ0v) is 12.0. The third kappa shape index (κ3) is 4.44. The van der Waals surface area contributed by atoms with Crippen molar-refractivity contribution in [3.8, 4) is 0 Å². The molecule has 5 heteroatoms. The molecule has 0 bridgehead atoms. The van der Waals surface area contributed by atoms with Crippen LogP contribution in [0.5, 0.6) is 0 Å². The molecular weight excluding hydrogens is 244 g/mol. The lowest BCUT2D eigenvalue weighted by Gasteiger charge is -2.41. The Hall–Kier alpha value is -0.650. The molecule has 0 unspecified atom stereocenters. The zero-order chi connectivity index (χ0) is 13.6. The standard InChI is InChI=1S/C14H26N2O3/c1-2-18-12-14(4-3-5-14)11-15-13(17)10-16-6-8-19-9-7-16/h2-12H2,1H3,(H,15,17). The molecular formula is C14H26N2O3. The van der Waals surface area contributed by atoms with Gasteiger partial charge in [-0.3, -0.25) is 9.69 Å². The number of carbonyl (C=O) groups excluding carboxylic acids is 1. The Morgan fingerprint density at radius 2 is 2.11 bits per heavy atom. The fraction of sp³-hybridized carbons (Fsp3) is 0.929. The van der Waals surface area contributed by atoms with E-state index in [4.69, 9.17) is 9.47 Å². The van der Waals surface area contributed by atoms with E-state index in [0.717, 1.165) is 46.1 Å². The van der Waals surface area contributed by atoms with Gasteiger partial charge in [-0.1, -0.05) is 6.42 Å². The molecule has 1 aliphatic carbocycles. The Balaban J connectivity index is 1.66. The molecule has 0 radical (unpaired) electrons. The summed E-state index contributed by atoms with van der Waals surface area (Å²) in [5.74, 6) is 0.129. The smallest absolute Gasteiger partial charge is 0.234 e. The third-order valence-electron chi connectivity index (χ3n) is 4.16. The summed E-state index contributed by atoms with van der Waals surface area (Å²) in [5, 5.41) is 3.08. The fourth-order valence-electron chi connectivity index (χ4n) is 2.67. The SMILES string of the molecule is CCOCC1(CNC(=O)CN2CCOCC2)CCC1. The van der Waals surface area contributed by atoms with Crippen LogP contribution in [0.1, 0.15) is 26.2 Å². The first-order valence-corrected chi connectivity index (χ1v) is 7.39. The Kier molecular flexibility index (Phi) is 5.60. The lowest BCUT2D eigenvalue weighted by Crippen LogP contribution is -2.48. The van der Waals surface area contributed by atoms with Crippen LogP contribution in [-0.4, -0.2) is 63.4 Å². The summed E-state index contributed by atoms with van der Waals surface area (Å²) < 4.78 is 10.8. The van der Waals surface area contributed by atoms with Crippen LogP contribution < -0.4 is 5.32 Å². The second-order valence-electron chi connectivity index (χ2n) is 5.66. The second kappa shape index (κ2) is 7.22. The maximum atomic E-state index is 11.9. The van der Waals surface area contributed by atoms with Gasteiger partial charge in [-0.2, -0.15) is 0 Å². The van der Waals surface area contributed by atoms with Gasteiger partial charge in [0.1, 0.15) is 0 Å². The van der Waals surface area contributed by atoms with Crippen molar-refractivity contribution in [2.24, 2.45) is 5.41 Å². The van der Waals surface area contributed by atoms with Gasteiger partial charge in [0, 0.05) is 31.7 Å². The molecule has 1 amide bonds. The van der Waals surface area contributed by atoms with Crippen molar-refractivity contribution in [2.45, 2.75) is 26.2 Å². The van der Waals surface area contributed by atoms with E-state index in [-0.39, 0.29) is 11.3 Å². The van der Waals surface area contributed by atoms with E-state index in [1.165, 1.54) is 19.3 Å². The molecule has 2 aliphatic rings. The number of amides is 1. The molecule has 2 rings (SSSR count). The van der Waals surface area contributed by atoms with E-state index < -0.39 is 0 Å². The molecule has 1 N–H and O–H groups in total. The van der Waals surface area contributed by atoms with Gasteiger partial charge >= 0.3 is 0 Å². The van der Waals surface area contributed by atoms with Crippen molar-refractivity contribution in [2.75, 3.05) is 52.6 Å². The Morgan fingerprint density at radius 1 is 1.37 bits per heavy atom. The highest BCUT2D eigenvalue weighted by Crippen LogP contribution is 2.40. The molecule has 1 aliphatic heterocycles. The lowest BCUT2D eigenvalue weighted by atomic mass is 9.69. The number of rotatable bonds is 7. The Morgan fingerprint density at radius 3 is 2.68 bits per heavy atom. The van der Waals surface area contributed by atoms with Gasteiger partial charge in [0.2, 0.25) is 5.91 Å². The highest BCUT2D eigenvalue weighted by molar-refractivity contribution is 5.78. The Bertz CT molecular complexity index is 286. The van der Waals surface area contributed by atoms with Gasteiger partial charge in [0.05, 0.1) is 26.4 Å². The van der Waals surface area contributed by atoms with Crippen LogP contribution in [0.4, 0.5) is 0 Å². The molecule has 5 nitrogen and oxygen atoms in total. The molecule has 0 aromatic carbocycles. The van der Waals surface area contributed by atoms with E-state index in [1.54, 1.807) is 0 Å². The molecule has 1 saturated heterocycles. The zero-order valence-electron chi connectivity index (χ0n) is 12.0. The number of nitrogens with one attached hydrogen (secondary N) is 1. The molecule has 0 spiro atoms. The summed E-state index contributed by atoms with van der Waals surface area (Å²) >= 11 is 0. The molecule has 110 valence electrons. The highest BCUT2D eigenvalue weighted by Gasteiger charge is 2.37. The van der Waals surface area contributed by atoms with Gasteiger partial charge in [0.15, 0.2) is 0 Å².